The number of aliphatic hydroxyl groups is 1. The number of nitrogens with zero attached hydrogens (tertiary/aromatic N) is 1. The van der Waals surface area contributed by atoms with Crippen molar-refractivity contribution >= 4 is 17.4 Å². The molecule has 2 atom stereocenters. The average molecular weight is 282 g/mol. The Kier molecular flexibility index (Phi) is 4.82. The fourth-order valence-corrected chi connectivity index (χ4v) is 3.41. The van der Waals surface area contributed by atoms with E-state index < -0.39 is 0 Å². The summed E-state index contributed by atoms with van der Waals surface area (Å²) in [5, 5.41) is 12.6. The van der Waals surface area contributed by atoms with Crippen LogP contribution in [-0.2, 0) is 6.42 Å². The molecule has 19 heavy (non-hydrogen) atoms. The molecule has 2 amide bonds. The first-order valence-corrected chi connectivity index (χ1v) is 7.65. The molecule has 0 saturated carbocycles. The normalized spacial score (nSPS) is 21.2. The van der Waals surface area contributed by atoms with Crippen LogP contribution in [0.4, 0.5) is 4.79 Å². The number of likely N-dealkylation sites (tertiary alicyclic amines) is 1. The number of hydrogen-bond acceptors (Lipinski definition) is 3. The van der Waals surface area contributed by atoms with Crippen LogP contribution in [0, 0.1) is 6.92 Å². The van der Waals surface area contributed by atoms with Crippen LogP contribution in [0.15, 0.2) is 12.1 Å². The zero-order valence-corrected chi connectivity index (χ0v) is 12.4. The number of β-amino-alcohol motifs (C(OH)–C–C–N with tert-alkyl or cyclic N) is 1. The highest BCUT2D eigenvalue weighted by Crippen LogP contribution is 2.17. The Hall–Kier alpha value is -1.07. The number of hydrogen-bond donors (Lipinski definition) is 2. The molecule has 2 heterocycles. The number of nitrogens with one attached hydrogen (secondary N) is 1. The predicted molar refractivity (Wildman–Crippen MR) is 77.6 cm³/mol. The minimum absolute atomic E-state index is 0.0560. The highest BCUT2D eigenvalue weighted by Gasteiger charge is 2.22. The summed E-state index contributed by atoms with van der Waals surface area (Å²) in [6, 6.07) is 4.28. The summed E-state index contributed by atoms with van der Waals surface area (Å²) in [6.07, 6.45) is 2.18. The van der Waals surface area contributed by atoms with Crippen molar-refractivity contribution in [1.82, 2.24) is 10.2 Å². The van der Waals surface area contributed by atoms with Crippen molar-refractivity contribution in [2.45, 2.75) is 45.3 Å². The SMILES string of the molecule is Cc1ccc(CC(C)NC(=O)N2CCCC(O)C2)s1. The minimum atomic E-state index is -0.366. The summed E-state index contributed by atoms with van der Waals surface area (Å²) in [4.78, 5) is 16.4. The van der Waals surface area contributed by atoms with Crippen LogP contribution in [0.2, 0.25) is 0 Å². The standard InChI is InChI=1S/C14H22N2O2S/c1-10(8-13-6-5-11(2)19-13)15-14(18)16-7-3-4-12(17)9-16/h5-6,10,12,17H,3-4,7-9H2,1-2H3,(H,15,18). The van der Waals surface area contributed by atoms with Crippen molar-refractivity contribution in [1.29, 1.82) is 0 Å². The van der Waals surface area contributed by atoms with Gasteiger partial charge in [-0.25, -0.2) is 4.79 Å². The Morgan fingerprint density at radius 3 is 3.05 bits per heavy atom. The van der Waals surface area contributed by atoms with E-state index in [1.54, 1.807) is 16.2 Å². The van der Waals surface area contributed by atoms with E-state index in [1.165, 1.54) is 9.75 Å². The number of thiophene rings is 1. The van der Waals surface area contributed by atoms with Crippen LogP contribution in [0.1, 0.15) is 29.5 Å². The van der Waals surface area contributed by atoms with Crippen molar-refractivity contribution in [2.75, 3.05) is 13.1 Å². The Bertz CT molecular complexity index is 433. The third kappa shape index (κ3) is 4.21. The number of piperidine rings is 1. The molecule has 1 aromatic heterocycles. The number of carbonyl (C=O) groups is 1. The summed E-state index contributed by atoms with van der Waals surface area (Å²) < 4.78 is 0. The van der Waals surface area contributed by atoms with Gasteiger partial charge in [-0.05, 0) is 38.8 Å². The number of urea groups is 1. The highest BCUT2D eigenvalue weighted by atomic mass is 32.1. The maximum atomic E-state index is 12.1. The Balaban J connectivity index is 1.81. The predicted octanol–water partition coefficient (Wildman–Crippen LogP) is 2.15. The highest BCUT2D eigenvalue weighted by molar-refractivity contribution is 7.11. The molecule has 1 aliphatic heterocycles. The van der Waals surface area contributed by atoms with Crippen molar-refractivity contribution < 1.29 is 9.90 Å². The Morgan fingerprint density at radius 1 is 1.63 bits per heavy atom. The van der Waals surface area contributed by atoms with E-state index in [0.29, 0.717) is 6.54 Å². The number of aryl methyl sites for hydroxylation is 1. The van der Waals surface area contributed by atoms with Crippen LogP contribution in [0.3, 0.4) is 0 Å². The molecule has 1 saturated heterocycles. The molecule has 4 nitrogen and oxygen atoms in total. The first kappa shape index (κ1) is 14.3. The lowest BCUT2D eigenvalue weighted by Crippen LogP contribution is -2.49. The number of amides is 2. The van der Waals surface area contributed by atoms with Crippen molar-refractivity contribution in [3.63, 3.8) is 0 Å². The molecule has 0 radical (unpaired) electrons. The molecule has 2 unspecified atom stereocenters. The summed E-state index contributed by atoms with van der Waals surface area (Å²) in [5.74, 6) is 0. The third-order valence-corrected chi connectivity index (χ3v) is 4.38. The van der Waals surface area contributed by atoms with Gasteiger partial charge >= 0.3 is 6.03 Å². The van der Waals surface area contributed by atoms with Gasteiger partial charge in [0.25, 0.3) is 0 Å². The van der Waals surface area contributed by atoms with Crippen molar-refractivity contribution in [3.8, 4) is 0 Å². The molecule has 2 rings (SSSR count). The second-order valence-corrected chi connectivity index (χ2v) is 6.68. The summed E-state index contributed by atoms with van der Waals surface area (Å²) in [7, 11) is 0. The topological polar surface area (TPSA) is 52.6 Å². The molecule has 0 aromatic carbocycles. The maximum Gasteiger partial charge on any atom is 0.317 e. The molecule has 2 N–H and O–H groups in total. The first-order chi connectivity index (χ1) is 9.04. The Labute approximate surface area is 118 Å². The molecular formula is C14H22N2O2S. The van der Waals surface area contributed by atoms with Crippen LogP contribution < -0.4 is 5.32 Å². The van der Waals surface area contributed by atoms with E-state index >= 15 is 0 Å². The minimum Gasteiger partial charge on any atom is -0.391 e. The molecule has 106 valence electrons. The van der Waals surface area contributed by atoms with E-state index in [0.717, 1.165) is 25.8 Å². The fraction of sp³-hybridized carbons (Fsp3) is 0.643. The largest absolute Gasteiger partial charge is 0.391 e. The van der Waals surface area contributed by atoms with Crippen LogP contribution in [0.25, 0.3) is 0 Å². The maximum absolute atomic E-state index is 12.1. The van der Waals surface area contributed by atoms with Crippen LogP contribution in [-0.4, -0.2) is 41.3 Å². The van der Waals surface area contributed by atoms with Gasteiger partial charge in [-0.2, -0.15) is 0 Å². The lowest BCUT2D eigenvalue weighted by atomic mass is 10.1. The number of aliphatic hydroxyl groups excluding tert-OH is 1. The second kappa shape index (κ2) is 6.39. The zero-order valence-electron chi connectivity index (χ0n) is 11.6. The van der Waals surface area contributed by atoms with Gasteiger partial charge in [0.1, 0.15) is 0 Å². The first-order valence-electron chi connectivity index (χ1n) is 6.83. The zero-order chi connectivity index (χ0) is 13.8. The summed E-state index contributed by atoms with van der Waals surface area (Å²) >= 11 is 1.77. The van der Waals surface area contributed by atoms with Gasteiger partial charge in [0, 0.05) is 35.3 Å². The van der Waals surface area contributed by atoms with Gasteiger partial charge in [0.2, 0.25) is 0 Å². The average Bonchev–Trinajstić information content (AvgIpc) is 2.74. The van der Waals surface area contributed by atoms with Gasteiger partial charge in [-0.3, -0.25) is 0 Å². The lowest BCUT2D eigenvalue weighted by Gasteiger charge is -2.31. The van der Waals surface area contributed by atoms with Gasteiger partial charge < -0.3 is 15.3 Å². The van der Waals surface area contributed by atoms with E-state index in [2.05, 4.69) is 24.4 Å². The van der Waals surface area contributed by atoms with E-state index in [9.17, 15) is 9.90 Å². The van der Waals surface area contributed by atoms with Gasteiger partial charge in [0.05, 0.1) is 6.10 Å². The van der Waals surface area contributed by atoms with E-state index in [4.69, 9.17) is 0 Å². The Morgan fingerprint density at radius 2 is 2.42 bits per heavy atom. The third-order valence-electron chi connectivity index (χ3n) is 3.36. The quantitative estimate of drug-likeness (QED) is 0.892. The number of rotatable bonds is 3. The van der Waals surface area contributed by atoms with Gasteiger partial charge in [-0.15, -0.1) is 11.3 Å². The summed E-state index contributed by atoms with van der Waals surface area (Å²) in [5.41, 5.74) is 0. The molecule has 5 heteroatoms. The van der Waals surface area contributed by atoms with Gasteiger partial charge in [-0.1, -0.05) is 0 Å². The van der Waals surface area contributed by atoms with Crippen molar-refractivity contribution in [2.24, 2.45) is 0 Å². The van der Waals surface area contributed by atoms with Crippen molar-refractivity contribution in [3.05, 3.63) is 21.9 Å². The van der Waals surface area contributed by atoms with Crippen LogP contribution >= 0.6 is 11.3 Å². The molecule has 0 bridgehead atoms. The smallest absolute Gasteiger partial charge is 0.317 e. The molecular weight excluding hydrogens is 260 g/mol. The second-order valence-electron chi connectivity index (χ2n) is 5.31. The van der Waals surface area contributed by atoms with Crippen LogP contribution in [0.5, 0.6) is 0 Å². The van der Waals surface area contributed by atoms with Gasteiger partial charge in [0.15, 0.2) is 0 Å². The fourth-order valence-electron chi connectivity index (χ4n) is 2.39. The molecule has 0 spiro atoms. The molecule has 1 fully saturated rings. The molecule has 1 aromatic rings. The number of carbonyl (C=O) groups excluding carboxylic acids is 1. The molecule has 1 aliphatic rings. The van der Waals surface area contributed by atoms with E-state index in [-0.39, 0.29) is 18.2 Å². The monoisotopic (exact) mass is 282 g/mol. The summed E-state index contributed by atoms with van der Waals surface area (Å²) in [6.45, 7) is 5.31. The lowest BCUT2D eigenvalue weighted by molar-refractivity contribution is 0.0835. The molecule has 0 aliphatic carbocycles. The van der Waals surface area contributed by atoms with E-state index in [1.807, 2.05) is 6.92 Å².